The number of nitrogens with zero attached hydrogens (tertiary/aromatic N) is 2. The summed E-state index contributed by atoms with van der Waals surface area (Å²) >= 11 is 0. The van der Waals surface area contributed by atoms with E-state index in [0.29, 0.717) is 0 Å². The molecule has 2 heterocycles. The molecule has 3 aromatic rings. The molecule has 3 heteroatoms. The molecule has 0 aliphatic rings. The zero-order valence-electron chi connectivity index (χ0n) is 11.7. The molecule has 20 heavy (non-hydrogen) atoms. The largest absolute Gasteiger partial charge is 0.320 e. The Morgan fingerprint density at radius 2 is 1.90 bits per heavy atom. The number of hydrogen-bond donors (Lipinski definition) is 1. The summed E-state index contributed by atoms with van der Waals surface area (Å²) in [5.74, 6) is 0. The Morgan fingerprint density at radius 1 is 1.05 bits per heavy atom. The van der Waals surface area contributed by atoms with Gasteiger partial charge >= 0.3 is 0 Å². The van der Waals surface area contributed by atoms with E-state index in [1.165, 1.54) is 0 Å². The minimum absolute atomic E-state index is 0.172. The van der Waals surface area contributed by atoms with Crippen LogP contribution < -0.4 is 5.73 Å². The van der Waals surface area contributed by atoms with Gasteiger partial charge in [0.1, 0.15) is 0 Å². The van der Waals surface area contributed by atoms with Crippen molar-refractivity contribution < 1.29 is 0 Å². The lowest BCUT2D eigenvalue weighted by Gasteiger charge is -2.15. The molecule has 0 aliphatic carbocycles. The van der Waals surface area contributed by atoms with E-state index in [-0.39, 0.29) is 6.04 Å². The first kappa shape index (κ1) is 12.8. The lowest BCUT2D eigenvalue weighted by molar-refractivity contribution is 0.845. The summed E-state index contributed by atoms with van der Waals surface area (Å²) in [6.45, 7) is 3.99. The van der Waals surface area contributed by atoms with Crippen molar-refractivity contribution in [2.75, 3.05) is 0 Å². The van der Waals surface area contributed by atoms with Crippen LogP contribution in [0.3, 0.4) is 0 Å². The first-order chi connectivity index (χ1) is 9.65. The first-order valence-electron chi connectivity index (χ1n) is 6.69. The topological polar surface area (TPSA) is 51.8 Å². The van der Waals surface area contributed by atoms with Gasteiger partial charge in [-0.3, -0.25) is 9.97 Å². The van der Waals surface area contributed by atoms with Gasteiger partial charge < -0.3 is 5.73 Å². The Labute approximate surface area is 118 Å². The molecule has 0 bridgehead atoms. The third-order valence-electron chi connectivity index (χ3n) is 3.59. The van der Waals surface area contributed by atoms with Gasteiger partial charge in [-0.15, -0.1) is 0 Å². The quantitative estimate of drug-likeness (QED) is 0.771. The van der Waals surface area contributed by atoms with Crippen LogP contribution in [0.4, 0.5) is 0 Å². The minimum Gasteiger partial charge on any atom is -0.320 e. The van der Waals surface area contributed by atoms with Crippen LogP contribution in [0.15, 0.2) is 48.7 Å². The van der Waals surface area contributed by atoms with Crippen molar-refractivity contribution in [3.63, 3.8) is 0 Å². The van der Waals surface area contributed by atoms with E-state index in [1.807, 2.05) is 26.0 Å². The zero-order valence-corrected chi connectivity index (χ0v) is 11.7. The van der Waals surface area contributed by atoms with Crippen molar-refractivity contribution in [3.05, 3.63) is 71.2 Å². The molecule has 2 N–H and O–H groups in total. The number of rotatable bonds is 2. The number of nitrogens with two attached hydrogens (primary N) is 1. The SMILES string of the molecule is Cc1ccc(C(N)c2ccc3cccnc3c2)c(C)n1. The maximum Gasteiger partial charge on any atom is 0.0705 e. The molecule has 0 amide bonds. The van der Waals surface area contributed by atoms with Gasteiger partial charge in [0.2, 0.25) is 0 Å². The van der Waals surface area contributed by atoms with Crippen LogP contribution in [-0.2, 0) is 0 Å². The van der Waals surface area contributed by atoms with Gasteiger partial charge in [0.05, 0.1) is 11.6 Å². The predicted octanol–water partition coefficient (Wildman–Crippen LogP) is 3.29. The normalized spacial score (nSPS) is 12.6. The number of aryl methyl sites for hydroxylation is 2. The first-order valence-corrected chi connectivity index (χ1v) is 6.69. The summed E-state index contributed by atoms with van der Waals surface area (Å²) < 4.78 is 0. The highest BCUT2D eigenvalue weighted by Crippen LogP contribution is 2.24. The maximum atomic E-state index is 6.39. The summed E-state index contributed by atoms with van der Waals surface area (Å²) in [7, 11) is 0. The van der Waals surface area contributed by atoms with Crippen molar-refractivity contribution in [2.45, 2.75) is 19.9 Å². The molecule has 0 spiro atoms. The van der Waals surface area contributed by atoms with Gasteiger partial charge in [-0.1, -0.05) is 24.3 Å². The summed E-state index contributed by atoms with van der Waals surface area (Å²) in [5.41, 5.74) is 11.5. The van der Waals surface area contributed by atoms with Gasteiger partial charge in [0.25, 0.3) is 0 Å². The van der Waals surface area contributed by atoms with Gasteiger partial charge in [0.15, 0.2) is 0 Å². The molecule has 2 aromatic heterocycles. The Kier molecular flexibility index (Phi) is 3.20. The van der Waals surface area contributed by atoms with E-state index in [1.54, 1.807) is 6.20 Å². The molecule has 1 aromatic carbocycles. The number of hydrogen-bond acceptors (Lipinski definition) is 3. The highest BCUT2D eigenvalue weighted by atomic mass is 14.7. The van der Waals surface area contributed by atoms with Crippen LogP contribution in [0.25, 0.3) is 10.9 Å². The lowest BCUT2D eigenvalue weighted by atomic mass is 9.97. The summed E-state index contributed by atoms with van der Waals surface area (Å²) in [5, 5.41) is 1.13. The monoisotopic (exact) mass is 263 g/mol. The van der Waals surface area contributed by atoms with E-state index in [0.717, 1.165) is 33.4 Å². The van der Waals surface area contributed by atoms with Gasteiger partial charge in [-0.25, -0.2) is 0 Å². The predicted molar refractivity (Wildman–Crippen MR) is 81.5 cm³/mol. The smallest absolute Gasteiger partial charge is 0.0705 e. The molecule has 0 radical (unpaired) electrons. The van der Waals surface area contributed by atoms with Crippen LogP contribution in [0.5, 0.6) is 0 Å². The highest BCUT2D eigenvalue weighted by Gasteiger charge is 2.13. The second-order valence-corrected chi connectivity index (χ2v) is 5.06. The van der Waals surface area contributed by atoms with Crippen LogP contribution in [0.1, 0.15) is 28.6 Å². The van der Waals surface area contributed by atoms with Gasteiger partial charge in [0, 0.05) is 23.0 Å². The number of benzene rings is 1. The molecule has 3 nitrogen and oxygen atoms in total. The average Bonchev–Trinajstić information content (AvgIpc) is 2.46. The fourth-order valence-electron chi connectivity index (χ4n) is 2.48. The Morgan fingerprint density at radius 3 is 2.70 bits per heavy atom. The van der Waals surface area contributed by atoms with Crippen molar-refractivity contribution in [3.8, 4) is 0 Å². The van der Waals surface area contributed by atoms with Crippen molar-refractivity contribution in [1.82, 2.24) is 9.97 Å². The molecule has 3 rings (SSSR count). The molecule has 0 saturated heterocycles. The number of pyridine rings is 2. The summed E-state index contributed by atoms with van der Waals surface area (Å²) in [4.78, 5) is 8.87. The average molecular weight is 263 g/mol. The number of aromatic nitrogens is 2. The fraction of sp³-hybridized carbons (Fsp3) is 0.176. The van der Waals surface area contributed by atoms with E-state index in [9.17, 15) is 0 Å². The Hall–Kier alpha value is -2.26. The van der Waals surface area contributed by atoms with Crippen molar-refractivity contribution >= 4 is 10.9 Å². The Bertz CT molecular complexity index is 765. The van der Waals surface area contributed by atoms with E-state index >= 15 is 0 Å². The zero-order chi connectivity index (χ0) is 14.1. The minimum atomic E-state index is -0.172. The van der Waals surface area contributed by atoms with Crippen molar-refractivity contribution in [1.29, 1.82) is 0 Å². The van der Waals surface area contributed by atoms with Gasteiger partial charge in [-0.05, 0) is 43.2 Å². The molecule has 1 unspecified atom stereocenters. The standard InChI is InChI=1S/C17H17N3/c1-11-5-8-15(12(2)20-11)17(18)14-7-6-13-4-3-9-19-16(13)10-14/h3-10,17H,18H2,1-2H3. The van der Waals surface area contributed by atoms with E-state index in [4.69, 9.17) is 5.73 Å². The second kappa shape index (κ2) is 5.02. The Balaban J connectivity index is 2.05. The van der Waals surface area contributed by atoms with Crippen LogP contribution in [0.2, 0.25) is 0 Å². The van der Waals surface area contributed by atoms with E-state index < -0.39 is 0 Å². The number of fused-ring (bicyclic) bond motifs is 1. The lowest BCUT2D eigenvalue weighted by Crippen LogP contribution is -2.14. The second-order valence-electron chi connectivity index (χ2n) is 5.06. The third-order valence-corrected chi connectivity index (χ3v) is 3.59. The molecule has 0 fully saturated rings. The highest BCUT2D eigenvalue weighted by molar-refractivity contribution is 5.79. The van der Waals surface area contributed by atoms with Crippen molar-refractivity contribution in [2.24, 2.45) is 5.73 Å². The fourth-order valence-corrected chi connectivity index (χ4v) is 2.48. The molecular formula is C17H17N3. The van der Waals surface area contributed by atoms with Crippen LogP contribution in [-0.4, -0.2) is 9.97 Å². The summed E-state index contributed by atoms with van der Waals surface area (Å²) in [6, 6.07) is 14.1. The van der Waals surface area contributed by atoms with Crippen LogP contribution >= 0.6 is 0 Å². The maximum absolute atomic E-state index is 6.39. The molecule has 0 aliphatic heterocycles. The van der Waals surface area contributed by atoms with Crippen LogP contribution in [0, 0.1) is 13.8 Å². The molecular weight excluding hydrogens is 246 g/mol. The molecule has 0 saturated carbocycles. The molecule has 1 atom stereocenters. The van der Waals surface area contributed by atoms with Gasteiger partial charge in [-0.2, -0.15) is 0 Å². The van der Waals surface area contributed by atoms with E-state index in [2.05, 4.69) is 40.3 Å². The third kappa shape index (κ3) is 2.28. The molecule has 100 valence electrons. The summed E-state index contributed by atoms with van der Waals surface area (Å²) in [6.07, 6.45) is 1.80.